The van der Waals surface area contributed by atoms with Gasteiger partial charge in [-0.3, -0.25) is 4.68 Å². The van der Waals surface area contributed by atoms with Crippen LogP contribution < -0.4 is 10.2 Å². The van der Waals surface area contributed by atoms with Crippen molar-refractivity contribution in [3.8, 4) is 0 Å². The van der Waals surface area contributed by atoms with Crippen LogP contribution in [0, 0.1) is 0 Å². The van der Waals surface area contributed by atoms with Crippen LogP contribution >= 0.6 is 0 Å². The Morgan fingerprint density at radius 3 is 2.89 bits per heavy atom. The predicted octanol–water partition coefficient (Wildman–Crippen LogP) is 3.50. The fraction of sp³-hybridized carbons (Fsp3) is 0.524. The number of aromatic nitrogens is 2. The number of ether oxygens (including phenoxy) is 1. The number of nitrogens with zero attached hydrogens (tertiary/aromatic N) is 4. The van der Waals surface area contributed by atoms with E-state index in [0.717, 1.165) is 30.9 Å². The van der Waals surface area contributed by atoms with Crippen molar-refractivity contribution in [2.75, 3.05) is 43.0 Å². The van der Waals surface area contributed by atoms with E-state index in [1.165, 1.54) is 24.9 Å². The van der Waals surface area contributed by atoms with Gasteiger partial charge in [0.1, 0.15) is 6.10 Å². The Morgan fingerprint density at radius 2 is 2.11 bits per heavy atom. The Hall–Kier alpha value is -2.54. The van der Waals surface area contributed by atoms with Gasteiger partial charge in [-0.25, -0.2) is 4.79 Å². The Morgan fingerprint density at radius 1 is 1.25 bits per heavy atom. The maximum absolute atomic E-state index is 12.8. The lowest BCUT2D eigenvalue weighted by molar-refractivity contribution is -0.0135. The summed E-state index contributed by atoms with van der Waals surface area (Å²) in [6.45, 7) is 6.72. The fourth-order valence-corrected chi connectivity index (χ4v) is 3.89. The van der Waals surface area contributed by atoms with E-state index in [2.05, 4.69) is 34.4 Å². The number of rotatable bonds is 4. The monoisotopic (exact) mass is 383 g/mol. The number of urea groups is 1. The SMILES string of the molecule is CCn1cc([C@H]2CN(C(=O)Nc3cccc(N4CCCCC4)c3)CCO2)cn1. The zero-order valence-electron chi connectivity index (χ0n) is 16.5. The van der Waals surface area contributed by atoms with Crippen molar-refractivity contribution in [3.05, 3.63) is 42.2 Å². The summed E-state index contributed by atoms with van der Waals surface area (Å²) in [5.41, 5.74) is 3.05. The molecule has 0 spiro atoms. The van der Waals surface area contributed by atoms with Crippen LogP contribution in [0.25, 0.3) is 0 Å². The zero-order valence-corrected chi connectivity index (χ0v) is 16.5. The summed E-state index contributed by atoms with van der Waals surface area (Å²) in [7, 11) is 0. The van der Waals surface area contributed by atoms with E-state index in [-0.39, 0.29) is 12.1 Å². The Bertz CT molecular complexity index is 800. The third kappa shape index (κ3) is 4.30. The summed E-state index contributed by atoms with van der Waals surface area (Å²) in [6.07, 6.45) is 7.48. The lowest BCUT2D eigenvalue weighted by Crippen LogP contribution is -2.44. The van der Waals surface area contributed by atoms with Crippen molar-refractivity contribution >= 4 is 17.4 Å². The number of carbonyl (C=O) groups excluding carboxylic acids is 1. The lowest BCUT2D eigenvalue weighted by Gasteiger charge is -2.33. The van der Waals surface area contributed by atoms with Gasteiger partial charge >= 0.3 is 6.03 Å². The standard InChI is InChI=1S/C21H29N5O2/c1-2-26-15-17(14-22-26)20-16-25(11-12-28-20)21(27)23-18-7-6-8-19(13-18)24-9-4-3-5-10-24/h6-8,13-15,20H,2-5,9-12,16H2,1H3,(H,23,27)/t20-/m1/s1. The van der Waals surface area contributed by atoms with Crippen LogP contribution in [-0.4, -0.2) is 53.5 Å². The molecule has 150 valence electrons. The molecule has 2 saturated heterocycles. The Kier molecular flexibility index (Phi) is 5.81. The van der Waals surface area contributed by atoms with Crippen molar-refractivity contribution in [2.45, 2.75) is 38.8 Å². The topological polar surface area (TPSA) is 62.6 Å². The molecule has 2 amide bonds. The van der Waals surface area contributed by atoms with Crippen molar-refractivity contribution in [2.24, 2.45) is 0 Å². The molecule has 7 nitrogen and oxygen atoms in total. The van der Waals surface area contributed by atoms with Crippen molar-refractivity contribution in [3.63, 3.8) is 0 Å². The average Bonchev–Trinajstić information content (AvgIpc) is 3.24. The Balaban J connectivity index is 1.39. The maximum atomic E-state index is 12.8. The molecule has 1 aromatic heterocycles. The van der Waals surface area contributed by atoms with Gasteiger partial charge in [-0.2, -0.15) is 5.10 Å². The van der Waals surface area contributed by atoms with Crippen LogP contribution in [0.2, 0.25) is 0 Å². The first-order valence-corrected chi connectivity index (χ1v) is 10.3. The number of hydrogen-bond acceptors (Lipinski definition) is 4. The highest BCUT2D eigenvalue weighted by molar-refractivity contribution is 5.90. The largest absolute Gasteiger partial charge is 0.371 e. The Labute approximate surface area is 166 Å². The highest BCUT2D eigenvalue weighted by Gasteiger charge is 2.26. The smallest absolute Gasteiger partial charge is 0.322 e. The summed E-state index contributed by atoms with van der Waals surface area (Å²) in [5, 5.41) is 7.38. The summed E-state index contributed by atoms with van der Waals surface area (Å²) in [6, 6.07) is 8.09. The first-order chi connectivity index (χ1) is 13.7. The third-order valence-corrected chi connectivity index (χ3v) is 5.52. The molecule has 1 N–H and O–H groups in total. The van der Waals surface area contributed by atoms with Gasteiger partial charge < -0.3 is 19.9 Å². The molecule has 0 saturated carbocycles. The predicted molar refractivity (Wildman–Crippen MR) is 110 cm³/mol. The van der Waals surface area contributed by atoms with Crippen molar-refractivity contribution < 1.29 is 9.53 Å². The van der Waals surface area contributed by atoms with E-state index >= 15 is 0 Å². The number of anilines is 2. The molecule has 0 bridgehead atoms. The van der Waals surface area contributed by atoms with Crippen LogP contribution in [0.4, 0.5) is 16.2 Å². The third-order valence-electron chi connectivity index (χ3n) is 5.52. The molecule has 2 aliphatic rings. The molecule has 1 aromatic carbocycles. The summed E-state index contributed by atoms with van der Waals surface area (Å²) >= 11 is 0. The van der Waals surface area contributed by atoms with Gasteiger partial charge in [-0.05, 0) is 44.4 Å². The van der Waals surface area contributed by atoms with Gasteiger partial charge in [0.2, 0.25) is 0 Å². The van der Waals surface area contributed by atoms with Crippen LogP contribution in [0.3, 0.4) is 0 Å². The van der Waals surface area contributed by atoms with Crippen molar-refractivity contribution in [1.29, 1.82) is 0 Å². The summed E-state index contributed by atoms with van der Waals surface area (Å²) < 4.78 is 7.75. The molecule has 28 heavy (non-hydrogen) atoms. The quantitative estimate of drug-likeness (QED) is 0.878. The first-order valence-electron chi connectivity index (χ1n) is 10.3. The van der Waals surface area contributed by atoms with E-state index in [0.29, 0.717) is 19.7 Å². The molecule has 2 aromatic rings. The molecule has 1 atom stereocenters. The molecule has 0 unspecified atom stereocenters. The first kappa shape index (κ1) is 18.8. The van der Waals surface area contributed by atoms with Gasteiger partial charge in [-0.15, -0.1) is 0 Å². The number of piperidine rings is 1. The second kappa shape index (κ2) is 8.65. The van der Waals surface area contributed by atoms with Gasteiger partial charge in [0.25, 0.3) is 0 Å². The van der Waals surface area contributed by atoms with Crippen LogP contribution in [-0.2, 0) is 11.3 Å². The number of benzene rings is 1. The highest BCUT2D eigenvalue weighted by Crippen LogP contribution is 2.25. The molecule has 3 heterocycles. The van der Waals surface area contributed by atoms with Gasteiger partial charge in [0.15, 0.2) is 0 Å². The molecular formula is C21H29N5O2. The summed E-state index contributed by atoms with van der Waals surface area (Å²) in [4.78, 5) is 17.0. The van der Waals surface area contributed by atoms with Crippen LogP contribution in [0.15, 0.2) is 36.7 Å². The molecule has 0 aliphatic carbocycles. The lowest BCUT2D eigenvalue weighted by atomic mass is 10.1. The van der Waals surface area contributed by atoms with Crippen LogP contribution in [0.5, 0.6) is 0 Å². The number of amides is 2. The molecular weight excluding hydrogens is 354 g/mol. The summed E-state index contributed by atoms with van der Waals surface area (Å²) in [5.74, 6) is 0. The van der Waals surface area contributed by atoms with E-state index < -0.39 is 0 Å². The van der Waals surface area contributed by atoms with Crippen molar-refractivity contribution in [1.82, 2.24) is 14.7 Å². The number of hydrogen-bond donors (Lipinski definition) is 1. The van der Waals surface area contributed by atoms with Gasteiger partial charge in [0, 0.05) is 49.3 Å². The number of nitrogens with one attached hydrogen (secondary N) is 1. The van der Waals surface area contributed by atoms with E-state index in [1.807, 2.05) is 34.1 Å². The second-order valence-electron chi connectivity index (χ2n) is 7.46. The van der Waals surface area contributed by atoms with E-state index in [9.17, 15) is 4.79 Å². The van der Waals surface area contributed by atoms with Gasteiger partial charge in [-0.1, -0.05) is 6.07 Å². The highest BCUT2D eigenvalue weighted by atomic mass is 16.5. The molecule has 7 heteroatoms. The fourth-order valence-electron chi connectivity index (χ4n) is 3.89. The van der Waals surface area contributed by atoms with E-state index in [4.69, 9.17) is 4.74 Å². The minimum atomic E-state index is -0.125. The minimum Gasteiger partial charge on any atom is -0.371 e. The number of aryl methyl sites for hydroxylation is 1. The molecule has 2 fully saturated rings. The van der Waals surface area contributed by atoms with Crippen LogP contribution in [0.1, 0.15) is 37.9 Å². The zero-order chi connectivity index (χ0) is 19.3. The molecule has 0 radical (unpaired) electrons. The maximum Gasteiger partial charge on any atom is 0.322 e. The molecule has 2 aliphatic heterocycles. The number of carbonyl (C=O) groups is 1. The normalized spacial score (nSPS) is 20.2. The van der Waals surface area contributed by atoms with E-state index in [1.54, 1.807) is 0 Å². The minimum absolute atomic E-state index is 0.0769. The van der Waals surface area contributed by atoms with Gasteiger partial charge in [0.05, 0.1) is 19.3 Å². The molecule has 4 rings (SSSR count). The second-order valence-corrected chi connectivity index (χ2v) is 7.46. The average molecular weight is 383 g/mol. The number of morpholine rings is 1.